The van der Waals surface area contributed by atoms with Crippen LogP contribution in [0.15, 0.2) is 24.3 Å². The molecule has 18 heteroatoms. The lowest BCUT2D eigenvalue weighted by atomic mass is 9.55. The molecule has 9 aliphatic carbocycles. The molecular formula is C52H72N4O14. The van der Waals surface area contributed by atoms with Crippen LogP contribution >= 0.6 is 0 Å². The summed E-state index contributed by atoms with van der Waals surface area (Å²) < 4.78 is 28.7. The van der Waals surface area contributed by atoms with E-state index in [0.29, 0.717) is 53.9 Å². The molecule has 1 aromatic carbocycles. The van der Waals surface area contributed by atoms with Crippen molar-refractivity contribution in [2.24, 2.45) is 47.3 Å². The highest BCUT2D eigenvalue weighted by Gasteiger charge is 2.51. The Morgan fingerprint density at radius 1 is 0.614 bits per heavy atom. The largest absolute Gasteiger partial charge is 0.514 e. The molecule has 70 heavy (non-hydrogen) atoms. The van der Waals surface area contributed by atoms with E-state index in [0.717, 1.165) is 70.6 Å². The third kappa shape index (κ3) is 13.7. The Hall–Kier alpha value is -5.42. The zero-order valence-corrected chi connectivity index (χ0v) is 40.8. The number of amides is 4. The quantitative estimate of drug-likeness (QED) is 0.0602. The number of carbonyl (C=O) groups is 8. The van der Waals surface area contributed by atoms with Gasteiger partial charge in [-0.2, -0.15) is 0 Å². The number of hydrogen-bond donors (Lipinski definition) is 5. The molecule has 0 saturated heterocycles. The average Bonchev–Trinajstić information content (AvgIpc) is 3.28. The summed E-state index contributed by atoms with van der Waals surface area (Å²) in [6.45, 7) is 4.20. The summed E-state index contributed by atoms with van der Waals surface area (Å²) >= 11 is 0. The van der Waals surface area contributed by atoms with Gasteiger partial charge in [-0.25, -0.2) is 9.59 Å². The zero-order chi connectivity index (χ0) is 49.7. The first-order valence-electron chi connectivity index (χ1n) is 25.9. The summed E-state index contributed by atoms with van der Waals surface area (Å²) in [4.78, 5) is 107. The van der Waals surface area contributed by atoms with Crippen molar-refractivity contribution in [2.75, 3.05) is 6.54 Å². The number of carboxylic acids is 1. The van der Waals surface area contributed by atoms with E-state index in [9.17, 15) is 43.5 Å². The van der Waals surface area contributed by atoms with E-state index < -0.39 is 84.6 Å². The highest BCUT2D eigenvalue weighted by Crippen LogP contribution is 2.56. The van der Waals surface area contributed by atoms with E-state index >= 15 is 0 Å². The highest BCUT2D eigenvalue weighted by atomic mass is 16.7. The molecule has 18 nitrogen and oxygen atoms in total. The van der Waals surface area contributed by atoms with E-state index in [-0.39, 0.29) is 55.2 Å². The van der Waals surface area contributed by atoms with Gasteiger partial charge >= 0.3 is 30.2 Å². The van der Waals surface area contributed by atoms with Crippen molar-refractivity contribution < 1.29 is 67.1 Å². The van der Waals surface area contributed by atoms with Crippen molar-refractivity contribution in [3.63, 3.8) is 0 Å². The summed E-state index contributed by atoms with van der Waals surface area (Å²) in [7, 11) is 0. The molecule has 3 atom stereocenters. The van der Waals surface area contributed by atoms with E-state index in [2.05, 4.69) is 21.3 Å². The van der Waals surface area contributed by atoms with Crippen LogP contribution in [0.3, 0.4) is 0 Å². The number of carboxylic acid groups (broad SMARTS) is 1. The first kappa shape index (κ1) is 51.0. The monoisotopic (exact) mass is 977 g/mol. The summed E-state index contributed by atoms with van der Waals surface area (Å²) in [5.74, 6) is -1.46. The van der Waals surface area contributed by atoms with Crippen LogP contribution in [-0.4, -0.2) is 102 Å². The molecule has 0 aliphatic heterocycles. The average molecular weight is 977 g/mol. The van der Waals surface area contributed by atoms with Gasteiger partial charge in [0.1, 0.15) is 54.3 Å². The molecule has 0 aromatic heterocycles. The van der Waals surface area contributed by atoms with Gasteiger partial charge in [0.15, 0.2) is 0 Å². The predicted octanol–water partition coefficient (Wildman–Crippen LogP) is 6.05. The van der Waals surface area contributed by atoms with Gasteiger partial charge in [-0.05, 0) is 182 Å². The van der Waals surface area contributed by atoms with Gasteiger partial charge in [0.25, 0.3) is 0 Å². The molecule has 9 aliphatic rings. The van der Waals surface area contributed by atoms with Crippen molar-refractivity contribution in [1.82, 2.24) is 21.3 Å². The lowest BCUT2D eigenvalue weighted by Crippen LogP contribution is -2.58. The maximum absolute atomic E-state index is 14.4. The second-order valence-corrected chi connectivity index (χ2v) is 22.5. The molecule has 9 fully saturated rings. The summed E-state index contributed by atoms with van der Waals surface area (Å²) in [6.07, 6.45) is 11.1. The van der Waals surface area contributed by atoms with E-state index in [1.807, 2.05) is 0 Å². The number of rotatable bonds is 19. The van der Waals surface area contributed by atoms with Gasteiger partial charge < -0.3 is 50.1 Å². The Bertz CT molecular complexity index is 2040. The highest BCUT2D eigenvalue weighted by molar-refractivity contribution is 5.96. The third-order valence-corrected chi connectivity index (χ3v) is 15.9. The molecule has 9 saturated carbocycles. The van der Waals surface area contributed by atoms with Gasteiger partial charge in [0.2, 0.25) is 17.7 Å². The Labute approximate surface area is 409 Å². The topological polar surface area (TPSA) is 251 Å². The fourth-order valence-corrected chi connectivity index (χ4v) is 13.3. The molecule has 0 radical (unpaired) electrons. The summed E-state index contributed by atoms with van der Waals surface area (Å²) in [6, 6.07) is 1.83. The Balaban J connectivity index is 0.964. The second kappa shape index (κ2) is 22.3. The summed E-state index contributed by atoms with van der Waals surface area (Å²) in [5.41, 5.74) is -0.422. The number of benzene rings is 1. The van der Waals surface area contributed by atoms with Crippen molar-refractivity contribution in [3.05, 3.63) is 29.8 Å². The Kier molecular flexibility index (Phi) is 16.3. The SMILES string of the molecule is CC(C)(C)OC(=O)N[C@@H](Cc1ccc(OC(=O)OC2C3CC4CC(C3)CC2C4)cc1)C(=O)N[C@@H](CC(=O)OC1C2CC3CC(C2)CC1C3)C(=O)N[C@@H](CCC(=O)OC1CCCCC1)C(=O)NCC(=O)O. The molecule has 5 N–H and O–H groups in total. The van der Waals surface area contributed by atoms with Gasteiger partial charge in [-0.3, -0.25) is 28.8 Å². The van der Waals surface area contributed by atoms with Gasteiger partial charge in [-0.15, -0.1) is 0 Å². The first-order chi connectivity index (χ1) is 33.4. The van der Waals surface area contributed by atoms with Gasteiger partial charge in [0.05, 0.1) is 6.42 Å². The molecule has 0 heterocycles. The van der Waals surface area contributed by atoms with Gasteiger partial charge in [0, 0.05) is 12.8 Å². The van der Waals surface area contributed by atoms with Crippen LogP contribution < -0.4 is 26.0 Å². The number of nitrogens with one attached hydrogen (secondary N) is 4. The van der Waals surface area contributed by atoms with Crippen LogP contribution in [-0.2, 0) is 54.1 Å². The van der Waals surface area contributed by atoms with Crippen molar-refractivity contribution in [3.8, 4) is 5.75 Å². The van der Waals surface area contributed by atoms with Crippen LogP contribution in [0.25, 0.3) is 0 Å². The number of aliphatic carboxylic acids is 1. The molecule has 0 spiro atoms. The zero-order valence-electron chi connectivity index (χ0n) is 40.8. The van der Waals surface area contributed by atoms with E-state index in [1.165, 1.54) is 12.8 Å². The van der Waals surface area contributed by atoms with Gasteiger partial charge in [-0.1, -0.05) is 18.6 Å². The lowest BCUT2D eigenvalue weighted by molar-refractivity contribution is -0.171. The molecular weight excluding hydrogens is 905 g/mol. The maximum atomic E-state index is 14.4. The molecule has 10 rings (SSSR count). The third-order valence-electron chi connectivity index (χ3n) is 15.9. The Morgan fingerprint density at radius 3 is 1.69 bits per heavy atom. The van der Waals surface area contributed by atoms with Crippen LogP contribution in [0, 0.1) is 47.3 Å². The maximum Gasteiger partial charge on any atom is 0.514 e. The van der Waals surface area contributed by atoms with Crippen LogP contribution in [0.4, 0.5) is 9.59 Å². The predicted molar refractivity (Wildman–Crippen MR) is 249 cm³/mol. The van der Waals surface area contributed by atoms with E-state index in [1.54, 1.807) is 45.0 Å². The first-order valence-corrected chi connectivity index (χ1v) is 25.9. The number of esters is 2. The number of carbonyl (C=O) groups excluding carboxylic acids is 7. The van der Waals surface area contributed by atoms with Crippen LogP contribution in [0.2, 0.25) is 0 Å². The smallest absolute Gasteiger partial charge is 0.480 e. The number of ether oxygens (including phenoxy) is 5. The molecule has 384 valence electrons. The summed E-state index contributed by atoms with van der Waals surface area (Å²) in [5, 5.41) is 19.3. The molecule has 0 unspecified atom stereocenters. The minimum atomic E-state index is -1.65. The fourth-order valence-electron chi connectivity index (χ4n) is 13.3. The normalized spacial score (nSPS) is 29.6. The fraction of sp³-hybridized carbons (Fsp3) is 0.731. The number of alkyl carbamates (subject to hydrolysis) is 1. The second-order valence-electron chi connectivity index (χ2n) is 22.5. The Morgan fingerprint density at radius 2 is 1.14 bits per heavy atom. The van der Waals surface area contributed by atoms with Crippen molar-refractivity contribution in [1.29, 1.82) is 0 Å². The van der Waals surface area contributed by atoms with Crippen molar-refractivity contribution in [2.45, 2.75) is 185 Å². The minimum absolute atomic E-state index is 0.139. The van der Waals surface area contributed by atoms with Crippen LogP contribution in [0.1, 0.15) is 142 Å². The van der Waals surface area contributed by atoms with Crippen LogP contribution in [0.5, 0.6) is 5.75 Å². The van der Waals surface area contributed by atoms with Crippen molar-refractivity contribution >= 4 is 47.9 Å². The molecule has 4 amide bonds. The number of hydrogen-bond acceptors (Lipinski definition) is 13. The van der Waals surface area contributed by atoms with E-state index in [4.69, 9.17) is 23.7 Å². The lowest BCUT2D eigenvalue weighted by Gasteiger charge is -2.53. The standard InChI is InChI=1S/C52H72N4O14/c1-52(2,3)70-50(64)56-40(25-28-9-11-38(12-10-28)67-51(65)69-46-35-21-31-16-32(23-35)24-36(46)22-31)48(62)55-41(26-44(60)68-45-33-17-29-15-30(19-33)20-34(45)18-29)49(63)54-39(47(61)53-27-42(57)58)13-14-43(59)66-37-7-5-4-6-8-37/h9-12,29-37,39-41,45-46H,4-8,13-27H2,1-3H3,(H,53,61)(H,54,63)(H,55,62)(H,56,64)(H,57,58)/t29?,30?,31?,32?,33?,34?,35?,36?,39-,40-,41-,45?,46?/m0/s1. The molecule has 1 aromatic rings. The molecule has 8 bridgehead atoms. The minimum Gasteiger partial charge on any atom is -0.480 e.